The number of carbonyl (C=O) groups excluding carboxylic acids is 2. The van der Waals surface area contributed by atoms with E-state index in [1.807, 2.05) is 30.3 Å². The minimum Gasteiger partial charge on any atom is -0.449 e. The highest BCUT2D eigenvalue weighted by Crippen LogP contribution is 2.15. The summed E-state index contributed by atoms with van der Waals surface area (Å²) < 4.78 is 33.5. The average molecular weight is 363 g/mol. The van der Waals surface area contributed by atoms with Crippen molar-refractivity contribution in [3.05, 3.63) is 65.7 Å². The van der Waals surface area contributed by atoms with Gasteiger partial charge in [0, 0.05) is 6.54 Å². The molecule has 1 atom stereocenters. The van der Waals surface area contributed by atoms with Gasteiger partial charge in [-0.1, -0.05) is 30.3 Å². The van der Waals surface area contributed by atoms with Gasteiger partial charge in [-0.15, -0.1) is 0 Å². The Kier molecular flexibility index (Phi) is 7.08. The van der Waals surface area contributed by atoms with Crippen molar-refractivity contribution in [2.75, 3.05) is 6.54 Å². The summed E-state index contributed by atoms with van der Waals surface area (Å²) >= 11 is 0. The fraction of sp³-hybridized carbons (Fsp3) is 0.263. The van der Waals surface area contributed by atoms with Gasteiger partial charge in [-0.2, -0.15) is 8.78 Å². The summed E-state index contributed by atoms with van der Waals surface area (Å²) in [6.07, 6.45) is -0.311. The summed E-state index contributed by atoms with van der Waals surface area (Å²) in [5.74, 6) is -1.20. The second-order valence-electron chi connectivity index (χ2n) is 5.48. The first kappa shape index (κ1) is 19.4. The highest BCUT2D eigenvalue weighted by atomic mass is 19.3. The van der Waals surface area contributed by atoms with Crippen LogP contribution in [0.25, 0.3) is 0 Å². The summed E-state index contributed by atoms with van der Waals surface area (Å²) in [7, 11) is 0. The molecule has 0 heterocycles. The summed E-state index contributed by atoms with van der Waals surface area (Å²) in [4.78, 5) is 24.0. The Morgan fingerprint density at radius 1 is 1.04 bits per heavy atom. The fourth-order valence-electron chi connectivity index (χ4n) is 2.17. The first-order chi connectivity index (χ1) is 12.5. The Labute approximate surface area is 149 Å². The van der Waals surface area contributed by atoms with Crippen LogP contribution in [0.2, 0.25) is 0 Å². The number of nitrogens with one attached hydrogen (secondary N) is 1. The lowest BCUT2D eigenvalue weighted by atomic mass is 10.1. The predicted molar refractivity (Wildman–Crippen MR) is 91.1 cm³/mol. The topological polar surface area (TPSA) is 64.6 Å². The monoisotopic (exact) mass is 363 g/mol. The minimum atomic E-state index is -2.94. The smallest absolute Gasteiger partial charge is 0.387 e. The van der Waals surface area contributed by atoms with Crippen LogP contribution < -0.4 is 10.1 Å². The van der Waals surface area contributed by atoms with Crippen molar-refractivity contribution in [1.82, 2.24) is 5.32 Å². The van der Waals surface area contributed by atoms with E-state index >= 15 is 0 Å². The third-order valence-corrected chi connectivity index (χ3v) is 3.52. The molecule has 0 aliphatic rings. The van der Waals surface area contributed by atoms with E-state index in [1.165, 1.54) is 31.2 Å². The van der Waals surface area contributed by atoms with E-state index < -0.39 is 24.6 Å². The number of carbonyl (C=O) groups is 2. The second kappa shape index (κ2) is 9.50. The van der Waals surface area contributed by atoms with Crippen molar-refractivity contribution in [2.24, 2.45) is 0 Å². The van der Waals surface area contributed by atoms with Crippen molar-refractivity contribution in [3.8, 4) is 5.75 Å². The summed E-state index contributed by atoms with van der Waals surface area (Å²) in [5, 5.41) is 2.70. The zero-order valence-corrected chi connectivity index (χ0v) is 14.2. The molecule has 0 aliphatic carbocycles. The standard InChI is InChI=1S/C19H19F2NO4/c1-13(17(23)22-12-11-14-5-3-2-4-6-14)25-18(24)15-7-9-16(10-8-15)26-19(20)21/h2-10,13,19H,11-12H2,1H3,(H,22,23)/t13-/m1/s1. The molecule has 0 bridgehead atoms. The van der Waals surface area contributed by atoms with Crippen LogP contribution in [0.5, 0.6) is 5.75 Å². The van der Waals surface area contributed by atoms with Crippen LogP contribution in [0.15, 0.2) is 54.6 Å². The first-order valence-corrected chi connectivity index (χ1v) is 8.03. The Bertz CT molecular complexity index is 720. The van der Waals surface area contributed by atoms with Crippen LogP contribution in [0, 0.1) is 0 Å². The number of hydrogen-bond donors (Lipinski definition) is 1. The van der Waals surface area contributed by atoms with Crippen molar-refractivity contribution < 1.29 is 27.8 Å². The van der Waals surface area contributed by atoms with Crippen LogP contribution >= 0.6 is 0 Å². The first-order valence-electron chi connectivity index (χ1n) is 8.03. The van der Waals surface area contributed by atoms with E-state index in [9.17, 15) is 18.4 Å². The number of ether oxygens (including phenoxy) is 2. The highest BCUT2D eigenvalue weighted by Gasteiger charge is 2.18. The highest BCUT2D eigenvalue weighted by molar-refractivity contribution is 5.92. The Balaban J connectivity index is 1.79. The lowest BCUT2D eigenvalue weighted by molar-refractivity contribution is -0.129. The number of hydrogen-bond acceptors (Lipinski definition) is 4. The molecule has 2 aromatic rings. The van der Waals surface area contributed by atoms with Gasteiger partial charge in [0.25, 0.3) is 5.91 Å². The van der Waals surface area contributed by atoms with Crippen molar-refractivity contribution in [2.45, 2.75) is 26.1 Å². The number of benzene rings is 2. The van der Waals surface area contributed by atoms with Gasteiger partial charge in [0.2, 0.25) is 0 Å². The number of amides is 1. The van der Waals surface area contributed by atoms with Crippen molar-refractivity contribution >= 4 is 11.9 Å². The van der Waals surface area contributed by atoms with E-state index in [1.54, 1.807) is 0 Å². The minimum absolute atomic E-state index is 0.0664. The molecule has 26 heavy (non-hydrogen) atoms. The van der Waals surface area contributed by atoms with Crippen molar-refractivity contribution in [3.63, 3.8) is 0 Å². The molecule has 138 valence electrons. The van der Waals surface area contributed by atoms with E-state index in [2.05, 4.69) is 10.1 Å². The maximum Gasteiger partial charge on any atom is 0.387 e. The van der Waals surface area contributed by atoms with Crippen LogP contribution in [0.1, 0.15) is 22.8 Å². The second-order valence-corrected chi connectivity index (χ2v) is 5.48. The maximum atomic E-state index is 12.1. The Hall–Kier alpha value is -2.96. The molecule has 2 aromatic carbocycles. The third kappa shape index (κ3) is 6.16. The molecule has 5 nitrogen and oxygen atoms in total. The number of esters is 1. The van der Waals surface area contributed by atoms with E-state index in [-0.39, 0.29) is 11.3 Å². The van der Waals surface area contributed by atoms with Gasteiger partial charge in [0.15, 0.2) is 6.10 Å². The zero-order chi connectivity index (χ0) is 18.9. The summed E-state index contributed by atoms with van der Waals surface area (Å²) in [6.45, 7) is -1.05. The summed E-state index contributed by atoms with van der Waals surface area (Å²) in [5.41, 5.74) is 1.22. The largest absolute Gasteiger partial charge is 0.449 e. The normalized spacial score (nSPS) is 11.7. The van der Waals surface area contributed by atoms with Crippen LogP contribution in [0.4, 0.5) is 8.78 Å². The third-order valence-electron chi connectivity index (χ3n) is 3.52. The lowest BCUT2D eigenvalue weighted by Crippen LogP contribution is -2.36. The lowest BCUT2D eigenvalue weighted by Gasteiger charge is -2.14. The molecule has 0 aromatic heterocycles. The molecule has 1 N–H and O–H groups in total. The SMILES string of the molecule is C[C@@H](OC(=O)c1ccc(OC(F)F)cc1)C(=O)NCCc1ccccc1. The zero-order valence-electron chi connectivity index (χ0n) is 14.2. The van der Waals surface area contributed by atoms with Gasteiger partial charge in [0.05, 0.1) is 5.56 Å². The van der Waals surface area contributed by atoms with Gasteiger partial charge < -0.3 is 14.8 Å². The molecule has 0 fully saturated rings. The molecule has 2 rings (SSSR count). The Morgan fingerprint density at radius 2 is 1.69 bits per heavy atom. The summed E-state index contributed by atoms with van der Waals surface area (Å²) in [6, 6.07) is 14.7. The van der Waals surface area contributed by atoms with E-state index in [0.717, 1.165) is 5.56 Å². The predicted octanol–water partition coefficient (Wildman–Crippen LogP) is 3.19. The number of rotatable bonds is 8. The number of halogens is 2. The average Bonchev–Trinajstić information content (AvgIpc) is 2.62. The molecule has 0 unspecified atom stereocenters. The molecule has 1 amide bonds. The van der Waals surface area contributed by atoms with Gasteiger partial charge in [0.1, 0.15) is 5.75 Å². The van der Waals surface area contributed by atoms with Crippen LogP contribution in [-0.4, -0.2) is 31.1 Å². The molecular formula is C19H19F2NO4. The maximum absolute atomic E-state index is 12.1. The van der Waals surface area contributed by atoms with E-state index in [4.69, 9.17) is 4.74 Å². The van der Waals surface area contributed by atoms with Crippen LogP contribution in [-0.2, 0) is 16.0 Å². The van der Waals surface area contributed by atoms with Crippen LogP contribution in [0.3, 0.4) is 0 Å². The quantitative estimate of drug-likeness (QED) is 0.732. The van der Waals surface area contributed by atoms with Gasteiger partial charge in [-0.3, -0.25) is 4.79 Å². The van der Waals surface area contributed by atoms with Crippen molar-refractivity contribution in [1.29, 1.82) is 0 Å². The molecular weight excluding hydrogens is 344 g/mol. The fourth-order valence-corrected chi connectivity index (χ4v) is 2.17. The molecule has 0 spiro atoms. The van der Waals surface area contributed by atoms with Gasteiger partial charge >= 0.3 is 12.6 Å². The van der Waals surface area contributed by atoms with E-state index in [0.29, 0.717) is 13.0 Å². The van der Waals surface area contributed by atoms with Gasteiger partial charge in [-0.05, 0) is 43.2 Å². The Morgan fingerprint density at radius 3 is 2.31 bits per heavy atom. The van der Waals surface area contributed by atoms with Gasteiger partial charge in [-0.25, -0.2) is 4.79 Å². The number of alkyl halides is 2. The molecule has 0 saturated heterocycles. The molecule has 0 radical (unpaired) electrons. The molecule has 0 saturated carbocycles. The molecule has 7 heteroatoms. The molecule has 0 aliphatic heterocycles.